The average molecular weight is 228 g/mol. The van der Waals surface area contributed by atoms with Crippen LogP contribution < -0.4 is 5.73 Å². The first-order chi connectivity index (χ1) is 6.90. The van der Waals surface area contributed by atoms with Crippen LogP contribution in [0, 0.1) is 0 Å². The van der Waals surface area contributed by atoms with Gasteiger partial charge in [0, 0.05) is 17.1 Å². The maximum absolute atomic E-state index is 5.48. The summed E-state index contributed by atoms with van der Waals surface area (Å²) < 4.78 is 0. The Hall–Kier alpha value is -0.0600. The van der Waals surface area contributed by atoms with Gasteiger partial charge >= 0.3 is 0 Å². The molecule has 0 radical (unpaired) electrons. The van der Waals surface area contributed by atoms with E-state index in [-0.39, 0.29) is 0 Å². The lowest BCUT2D eigenvalue weighted by Gasteiger charge is -2.02. The molecule has 1 aliphatic rings. The van der Waals surface area contributed by atoms with Crippen molar-refractivity contribution in [3.8, 4) is 0 Å². The topological polar surface area (TPSA) is 38.9 Å². The standard InChI is InChI=1S/C10H16N2S2/c11-5-1-4-10-12-8(7-14-10)9-3-2-6-13-9/h7,9H,1-6,11H2. The molecule has 1 aromatic rings. The number of rotatable bonds is 4. The summed E-state index contributed by atoms with van der Waals surface area (Å²) in [5.74, 6) is 1.31. The summed E-state index contributed by atoms with van der Waals surface area (Å²) in [5.41, 5.74) is 6.79. The molecule has 0 saturated carbocycles. The second kappa shape index (κ2) is 5.14. The lowest BCUT2D eigenvalue weighted by Crippen LogP contribution is -2.00. The van der Waals surface area contributed by atoms with Crippen LogP contribution in [0.15, 0.2) is 5.38 Å². The second-order valence-corrected chi connectivity index (χ2v) is 5.81. The molecule has 4 heteroatoms. The molecule has 2 heterocycles. The number of aromatic nitrogens is 1. The SMILES string of the molecule is NCCCc1nc(C2CCCS2)cs1. The zero-order chi connectivity index (χ0) is 9.80. The van der Waals surface area contributed by atoms with Crippen LogP contribution in [0.2, 0.25) is 0 Å². The smallest absolute Gasteiger partial charge is 0.0929 e. The maximum atomic E-state index is 5.48. The quantitative estimate of drug-likeness (QED) is 0.861. The second-order valence-electron chi connectivity index (χ2n) is 3.56. The summed E-state index contributed by atoms with van der Waals surface area (Å²) in [6.07, 6.45) is 4.78. The zero-order valence-corrected chi connectivity index (χ0v) is 9.87. The Labute approximate surface area is 93.3 Å². The van der Waals surface area contributed by atoms with E-state index in [0.29, 0.717) is 5.25 Å². The third-order valence-electron chi connectivity index (χ3n) is 2.42. The Morgan fingerprint density at radius 1 is 1.57 bits per heavy atom. The van der Waals surface area contributed by atoms with Gasteiger partial charge in [-0.2, -0.15) is 11.8 Å². The molecule has 0 aliphatic carbocycles. The van der Waals surface area contributed by atoms with Crippen molar-refractivity contribution in [3.63, 3.8) is 0 Å². The number of aryl methyl sites for hydroxylation is 1. The highest BCUT2D eigenvalue weighted by Crippen LogP contribution is 2.39. The molecule has 0 bridgehead atoms. The van der Waals surface area contributed by atoms with Gasteiger partial charge in [-0.15, -0.1) is 11.3 Å². The van der Waals surface area contributed by atoms with E-state index in [1.165, 1.54) is 29.3 Å². The Balaban J connectivity index is 1.94. The van der Waals surface area contributed by atoms with E-state index in [1.807, 2.05) is 0 Å². The predicted molar refractivity (Wildman–Crippen MR) is 63.9 cm³/mol. The fourth-order valence-corrected chi connectivity index (χ4v) is 3.87. The number of nitrogens with two attached hydrogens (primary N) is 1. The number of nitrogens with zero attached hydrogens (tertiary/aromatic N) is 1. The Kier molecular flexibility index (Phi) is 3.84. The van der Waals surface area contributed by atoms with Crippen molar-refractivity contribution in [3.05, 3.63) is 16.1 Å². The molecule has 1 saturated heterocycles. The highest BCUT2D eigenvalue weighted by atomic mass is 32.2. The lowest BCUT2D eigenvalue weighted by molar-refractivity contribution is 0.790. The van der Waals surface area contributed by atoms with Crippen LogP contribution in [0.5, 0.6) is 0 Å². The molecule has 1 aliphatic heterocycles. The van der Waals surface area contributed by atoms with Crippen LogP contribution in [0.4, 0.5) is 0 Å². The summed E-state index contributed by atoms with van der Waals surface area (Å²) in [4.78, 5) is 4.67. The van der Waals surface area contributed by atoms with Crippen molar-refractivity contribution in [2.24, 2.45) is 5.73 Å². The monoisotopic (exact) mass is 228 g/mol. The summed E-state index contributed by atoms with van der Waals surface area (Å²) in [6.45, 7) is 0.771. The molecule has 1 fully saturated rings. The molecule has 1 aromatic heterocycles. The van der Waals surface area contributed by atoms with Crippen LogP contribution in [0.3, 0.4) is 0 Å². The number of hydrogen-bond donors (Lipinski definition) is 1. The van der Waals surface area contributed by atoms with Crippen molar-refractivity contribution in [2.45, 2.75) is 30.9 Å². The van der Waals surface area contributed by atoms with Crippen LogP contribution >= 0.6 is 23.1 Å². The van der Waals surface area contributed by atoms with Crippen molar-refractivity contribution in [1.29, 1.82) is 0 Å². The maximum Gasteiger partial charge on any atom is 0.0929 e. The van der Waals surface area contributed by atoms with Crippen molar-refractivity contribution in [2.75, 3.05) is 12.3 Å². The van der Waals surface area contributed by atoms with Crippen molar-refractivity contribution in [1.82, 2.24) is 4.98 Å². The van der Waals surface area contributed by atoms with E-state index in [0.717, 1.165) is 19.4 Å². The molecule has 2 nitrogen and oxygen atoms in total. The summed E-state index contributed by atoms with van der Waals surface area (Å²) in [6, 6.07) is 0. The minimum Gasteiger partial charge on any atom is -0.330 e. The van der Waals surface area contributed by atoms with Gasteiger partial charge in [0.05, 0.1) is 10.7 Å². The van der Waals surface area contributed by atoms with Gasteiger partial charge in [-0.05, 0) is 31.6 Å². The molecule has 1 unspecified atom stereocenters. The summed E-state index contributed by atoms with van der Waals surface area (Å²) in [7, 11) is 0. The van der Waals surface area contributed by atoms with Crippen LogP contribution in [-0.2, 0) is 6.42 Å². The van der Waals surface area contributed by atoms with Crippen LogP contribution in [0.1, 0.15) is 35.2 Å². The third kappa shape index (κ3) is 2.49. The fraction of sp³-hybridized carbons (Fsp3) is 0.700. The Morgan fingerprint density at radius 2 is 2.50 bits per heavy atom. The Morgan fingerprint density at radius 3 is 3.21 bits per heavy atom. The minimum absolute atomic E-state index is 0.679. The van der Waals surface area contributed by atoms with E-state index >= 15 is 0 Å². The van der Waals surface area contributed by atoms with Crippen molar-refractivity contribution < 1.29 is 0 Å². The van der Waals surface area contributed by atoms with Crippen molar-refractivity contribution >= 4 is 23.1 Å². The molecule has 78 valence electrons. The first-order valence-electron chi connectivity index (χ1n) is 5.16. The van der Waals surface area contributed by atoms with Gasteiger partial charge in [0.2, 0.25) is 0 Å². The molecule has 0 aromatic carbocycles. The molecule has 2 rings (SSSR count). The van der Waals surface area contributed by atoms with Gasteiger partial charge in [0.1, 0.15) is 0 Å². The molecular weight excluding hydrogens is 212 g/mol. The normalized spacial score (nSPS) is 21.6. The van der Waals surface area contributed by atoms with E-state index in [4.69, 9.17) is 5.73 Å². The van der Waals surface area contributed by atoms with Gasteiger partial charge in [-0.25, -0.2) is 4.98 Å². The van der Waals surface area contributed by atoms with Gasteiger partial charge in [-0.1, -0.05) is 0 Å². The predicted octanol–water partition coefficient (Wildman–Crippen LogP) is 2.60. The van der Waals surface area contributed by atoms with Crippen LogP contribution in [0.25, 0.3) is 0 Å². The molecule has 14 heavy (non-hydrogen) atoms. The molecule has 2 N–H and O–H groups in total. The highest BCUT2D eigenvalue weighted by molar-refractivity contribution is 7.99. The van der Waals surface area contributed by atoms with E-state index in [1.54, 1.807) is 11.3 Å². The Bertz CT molecular complexity index is 279. The number of hydrogen-bond acceptors (Lipinski definition) is 4. The summed E-state index contributed by atoms with van der Waals surface area (Å²) >= 11 is 3.85. The first-order valence-corrected chi connectivity index (χ1v) is 7.09. The van der Waals surface area contributed by atoms with E-state index < -0.39 is 0 Å². The van der Waals surface area contributed by atoms with Gasteiger partial charge < -0.3 is 5.73 Å². The number of thiazole rings is 1. The molecular formula is C10H16N2S2. The van der Waals surface area contributed by atoms with Crippen LogP contribution in [-0.4, -0.2) is 17.3 Å². The van der Waals surface area contributed by atoms with Gasteiger partial charge in [-0.3, -0.25) is 0 Å². The van der Waals surface area contributed by atoms with Gasteiger partial charge in [0.15, 0.2) is 0 Å². The summed E-state index contributed by atoms with van der Waals surface area (Å²) in [5, 5.41) is 4.17. The molecule has 0 amide bonds. The fourth-order valence-electron chi connectivity index (χ4n) is 1.65. The molecule has 1 atom stereocenters. The van der Waals surface area contributed by atoms with E-state index in [9.17, 15) is 0 Å². The number of thioether (sulfide) groups is 1. The lowest BCUT2D eigenvalue weighted by atomic mass is 10.2. The highest BCUT2D eigenvalue weighted by Gasteiger charge is 2.19. The third-order valence-corrected chi connectivity index (χ3v) is 4.75. The largest absolute Gasteiger partial charge is 0.330 e. The zero-order valence-electron chi connectivity index (χ0n) is 8.24. The molecule has 0 spiro atoms. The minimum atomic E-state index is 0.679. The van der Waals surface area contributed by atoms with Gasteiger partial charge in [0.25, 0.3) is 0 Å². The van der Waals surface area contributed by atoms with E-state index in [2.05, 4.69) is 22.1 Å². The first kappa shape index (κ1) is 10.5. The average Bonchev–Trinajstić information content (AvgIpc) is 2.85.